The number of nitrogens with one attached hydrogen (secondary N) is 1. The molecule has 0 radical (unpaired) electrons. The van der Waals surface area contributed by atoms with Crippen LogP contribution in [-0.4, -0.2) is 10.9 Å². The molecule has 3 heterocycles. The molecular weight excluding hydrogens is 364 g/mol. The van der Waals surface area contributed by atoms with E-state index in [1.807, 2.05) is 65.4 Å². The predicted octanol–water partition coefficient (Wildman–Crippen LogP) is 4.91. The molecule has 4 rings (SSSR count). The monoisotopic (exact) mass is 380 g/mol. The summed E-state index contributed by atoms with van der Waals surface area (Å²) in [7, 11) is 0. The number of thiazole rings is 1. The topological polar surface area (TPSA) is 55.1 Å². The number of hydrogen-bond acceptors (Lipinski definition) is 5. The fourth-order valence-electron chi connectivity index (χ4n) is 2.70. The highest BCUT2D eigenvalue weighted by Gasteiger charge is 2.19. The van der Waals surface area contributed by atoms with Crippen molar-refractivity contribution in [3.05, 3.63) is 87.8 Å². The number of amides is 1. The van der Waals surface area contributed by atoms with Crippen molar-refractivity contribution in [1.29, 1.82) is 0 Å². The Morgan fingerprint density at radius 1 is 1.08 bits per heavy atom. The molecule has 0 fully saturated rings. The van der Waals surface area contributed by atoms with E-state index < -0.39 is 0 Å². The van der Waals surface area contributed by atoms with Gasteiger partial charge in [0.2, 0.25) is 5.91 Å². The van der Waals surface area contributed by atoms with Crippen LogP contribution < -0.4 is 5.32 Å². The molecule has 0 aliphatic heterocycles. The second-order valence-electron chi connectivity index (χ2n) is 5.72. The quantitative estimate of drug-likeness (QED) is 0.517. The van der Waals surface area contributed by atoms with Gasteiger partial charge < -0.3 is 9.73 Å². The fourth-order valence-corrected chi connectivity index (χ4v) is 4.29. The summed E-state index contributed by atoms with van der Waals surface area (Å²) in [6, 6.07) is 17.6. The van der Waals surface area contributed by atoms with Crippen LogP contribution in [0.3, 0.4) is 0 Å². The fraction of sp³-hybridized carbons (Fsp3) is 0.100. The van der Waals surface area contributed by atoms with E-state index in [1.165, 1.54) is 11.3 Å². The van der Waals surface area contributed by atoms with E-state index in [-0.39, 0.29) is 18.4 Å². The Bertz CT molecular complexity index is 961. The Morgan fingerprint density at radius 3 is 2.69 bits per heavy atom. The molecule has 1 N–H and O–H groups in total. The van der Waals surface area contributed by atoms with Gasteiger partial charge in [-0.3, -0.25) is 4.79 Å². The van der Waals surface area contributed by atoms with Gasteiger partial charge in [-0.25, -0.2) is 4.98 Å². The molecule has 4 aromatic rings. The molecule has 26 heavy (non-hydrogen) atoms. The van der Waals surface area contributed by atoms with Crippen molar-refractivity contribution in [2.45, 2.75) is 12.5 Å². The summed E-state index contributed by atoms with van der Waals surface area (Å²) in [6.45, 7) is 0. The van der Waals surface area contributed by atoms with Crippen LogP contribution in [-0.2, 0) is 11.2 Å². The Kier molecular flexibility index (Phi) is 4.95. The van der Waals surface area contributed by atoms with Gasteiger partial charge in [0.15, 0.2) is 10.8 Å². The number of nitrogens with zero attached hydrogens (tertiary/aromatic N) is 1. The lowest BCUT2D eigenvalue weighted by atomic mass is 10.1. The van der Waals surface area contributed by atoms with Crippen molar-refractivity contribution < 1.29 is 9.21 Å². The summed E-state index contributed by atoms with van der Waals surface area (Å²) < 4.78 is 5.36. The van der Waals surface area contributed by atoms with Crippen LogP contribution in [0, 0.1) is 0 Å². The Hall–Kier alpha value is -2.70. The summed E-state index contributed by atoms with van der Waals surface area (Å²) in [5.74, 6) is 0.672. The Morgan fingerprint density at radius 2 is 1.96 bits per heavy atom. The van der Waals surface area contributed by atoms with Gasteiger partial charge >= 0.3 is 0 Å². The number of carbonyl (C=O) groups excluding carboxylic acids is 1. The van der Waals surface area contributed by atoms with Crippen LogP contribution in [0.4, 0.5) is 0 Å². The largest absolute Gasteiger partial charge is 0.462 e. The predicted molar refractivity (Wildman–Crippen MR) is 104 cm³/mol. The summed E-state index contributed by atoms with van der Waals surface area (Å²) in [4.78, 5) is 18.2. The Labute approximate surface area is 159 Å². The van der Waals surface area contributed by atoms with E-state index in [9.17, 15) is 4.79 Å². The molecule has 0 bridgehead atoms. The summed E-state index contributed by atoms with van der Waals surface area (Å²) in [5.41, 5.74) is 1.81. The molecule has 0 saturated heterocycles. The van der Waals surface area contributed by atoms with Crippen LogP contribution >= 0.6 is 22.7 Å². The van der Waals surface area contributed by atoms with Gasteiger partial charge in [0.25, 0.3) is 0 Å². The number of hydrogen-bond donors (Lipinski definition) is 1. The molecule has 0 spiro atoms. The molecule has 1 unspecified atom stereocenters. The molecule has 4 nitrogen and oxygen atoms in total. The van der Waals surface area contributed by atoms with Gasteiger partial charge in [-0.1, -0.05) is 36.4 Å². The minimum absolute atomic E-state index is 0.0523. The third kappa shape index (κ3) is 3.76. The third-order valence-electron chi connectivity index (χ3n) is 3.89. The minimum Gasteiger partial charge on any atom is -0.462 e. The molecule has 1 atom stereocenters. The summed E-state index contributed by atoms with van der Waals surface area (Å²) in [5, 5.41) is 7.85. The lowest BCUT2D eigenvalue weighted by Crippen LogP contribution is -2.30. The van der Waals surface area contributed by atoms with Crippen LogP contribution in [0.15, 0.2) is 76.0 Å². The van der Waals surface area contributed by atoms with E-state index >= 15 is 0 Å². The smallest absolute Gasteiger partial charge is 0.226 e. The lowest BCUT2D eigenvalue weighted by Gasteiger charge is -2.17. The average Bonchev–Trinajstić information content (AvgIpc) is 3.41. The van der Waals surface area contributed by atoms with E-state index in [4.69, 9.17) is 4.42 Å². The molecule has 0 aliphatic carbocycles. The van der Waals surface area contributed by atoms with E-state index in [0.717, 1.165) is 26.9 Å². The number of benzene rings is 1. The van der Waals surface area contributed by atoms with Crippen LogP contribution in [0.2, 0.25) is 0 Å². The molecular formula is C20H16N2O2S2. The zero-order chi connectivity index (χ0) is 17.8. The van der Waals surface area contributed by atoms with Crippen molar-refractivity contribution in [2.75, 3.05) is 0 Å². The van der Waals surface area contributed by atoms with Crippen LogP contribution in [0.5, 0.6) is 0 Å². The van der Waals surface area contributed by atoms with Gasteiger partial charge in [0.1, 0.15) is 0 Å². The first-order valence-corrected chi connectivity index (χ1v) is 9.91. The minimum atomic E-state index is -0.146. The van der Waals surface area contributed by atoms with E-state index in [0.29, 0.717) is 0 Å². The van der Waals surface area contributed by atoms with Gasteiger partial charge in [-0.05, 0) is 29.1 Å². The van der Waals surface area contributed by atoms with Crippen molar-refractivity contribution in [3.8, 4) is 10.8 Å². The average molecular weight is 380 g/mol. The molecule has 0 saturated carbocycles. The Balaban J connectivity index is 1.49. The number of rotatable bonds is 6. The molecule has 130 valence electrons. The van der Waals surface area contributed by atoms with E-state index in [2.05, 4.69) is 10.3 Å². The highest BCUT2D eigenvalue weighted by molar-refractivity contribution is 7.13. The van der Waals surface area contributed by atoms with Crippen molar-refractivity contribution in [3.63, 3.8) is 0 Å². The number of thiophene rings is 1. The van der Waals surface area contributed by atoms with Crippen molar-refractivity contribution in [2.24, 2.45) is 0 Å². The first-order valence-electron chi connectivity index (χ1n) is 8.15. The molecule has 0 aliphatic rings. The second-order valence-corrected chi connectivity index (χ2v) is 7.56. The molecule has 1 aromatic carbocycles. The van der Waals surface area contributed by atoms with Gasteiger partial charge in [-0.2, -0.15) is 0 Å². The number of carbonyl (C=O) groups is 1. The third-order valence-corrected chi connectivity index (χ3v) is 5.73. The SMILES string of the molecule is O=C(Cc1csc(-c2ccco2)n1)NC(c1ccccc1)c1cccs1. The van der Waals surface area contributed by atoms with E-state index in [1.54, 1.807) is 17.6 Å². The number of furan rings is 1. The first-order chi connectivity index (χ1) is 12.8. The van der Waals surface area contributed by atoms with Gasteiger partial charge in [0, 0.05) is 10.3 Å². The van der Waals surface area contributed by atoms with Gasteiger partial charge in [-0.15, -0.1) is 22.7 Å². The van der Waals surface area contributed by atoms with Crippen molar-refractivity contribution >= 4 is 28.6 Å². The van der Waals surface area contributed by atoms with Gasteiger partial charge in [0.05, 0.1) is 24.4 Å². The summed E-state index contributed by atoms with van der Waals surface area (Å²) in [6.07, 6.45) is 1.86. The van der Waals surface area contributed by atoms with Crippen LogP contribution in [0.25, 0.3) is 10.8 Å². The zero-order valence-electron chi connectivity index (χ0n) is 13.8. The highest BCUT2D eigenvalue weighted by Crippen LogP contribution is 2.27. The molecule has 1 amide bonds. The van der Waals surface area contributed by atoms with Crippen LogP contribution in [0.1, 0.15) is 22.2 Å². The summed E-state index contributed by atoms with van der Waals surface area (Å²) >= 11 is 3.12. The molecule has 3 aromatic heterocycles. The maximum Gasteiger partial charge on any atom is 0.226 e. The maximum absolute atomic E-state index is 12.6. The maximum atomic E-state index is 12.6. The standard InChI is InChI=1S/C20H16N2O2S2/c23-18(12-15-13-26-20(21-15)16-8-4-10-24-16)22-19(17-9-5-11-25-17)14-6-2-1-3-7-14/h1-11,13,19H,12H2,(H,22,23). The lowest BCUT2D eigenvalue weighted by molar-refractivity contribution is -0.120. The second kappa shape index (κ2) is 7.68. The molecule has 6 heteroatoms. The normalized spacial score (nSPS) is 12.0. The zero-order valence-corrected chi connectivity index (χ0v) is 15.4. The highest BCUT2D eigenvalue weighted by atomic mass is 32.1. The van der Waals surface area contributed by atoms with Crippen molar-refractivity contribution in [1.82, 2.24) is 10.3 Å². The first kappa shape index (κ1) is 16.8. The number of aromatic nitrogens is 1.